The van der Waals surface area contributed by atoms with Crippen LogP contribution in [0.2, 0.25) is 0 Å². The molecule has 1 atom stereocenters. The second-order valence-corrected chi connectivity index (χ2v) is 12.0. The van der Waals surface area contributed by atoms with E-state index >= 15 is 0 Å². The molecule has 1 amide bonds. The minimum atomic E-state index is -0.0785. The zero-order valence-corrected chi connectivity index (χ0v) is 24.9. The van der Waals surface area contributed by atoms with E-state index in [1.165, 1.54) is 48.7 Å². The van der Waals surface area contributed by atoms with E-state index in [2.05, 4.69) is 33.0 Å². The van der Waals surface area contributed by atoms with Gasteiger partial charge in [0.15, 0.2) is 0 Å². The summed E-state index contributed by atoms with van der Waals surface area (Å²) in [5.74, 6) is 2.29. The van der Waals surface area contributed by atoms with Crippen molar-refractivity contribution in [2.45, 2.75) is 57.0 Å². The molecule has 0 spiro atoms. The van der Waals surface area contributed by atoms with Crippen LogP contribution in [0.4, 0.5) is 0 Å². The maximum absolute atomic E-state index is 13.7. The third kappa shape index (κ3) is 5.71. The lowest BCUT2D eigenvalue weighted by Gasteiger charge is -2.24. The molecular weight excluding hydrogens is 526 g/mol. The lowest BCUT2D eigenvalue weighted by molar-refractivity contribution is 0.0930. The summed E-state index contributed by atoms with van der Waals surface area (Å²) in [6, 6.07) is 19.5. The molecule has 0 bridgehead atoms. The molecule has 2 aliphatic rings. The van der Waals surface area contributed by atoms with E-state index in [0.29, 0.717) is 37.6 Å². The van der Waals surface area contributed by atoms with Gasteiger partial charge in [-0.25, -0.2) is 0 Å². The maximum Gasteiger partial charge on any atom is 0.251 e. The fraction of sp³-hybridized carbons (Fsp3) is 0.400. The lowest BCUT2D eigenvalue weighted by Crippen LogP contribution is -2.43. The number of benzene rings is 3. The van der Waals surface area contributed by atoms with Crippen molar-refractivity contribution in [2.75, 3.05) is 34.4 Å². The molecule has 220 valence electrons. The summed E-state index contributed by atoms with van der Waals surface area (Å²) in [5.41, 5.74) is 6.53. The largest absolute Gasteiger partial charge is 0.508 e. The summed E-state index contributed by atoms with van der Waals surface area (Å²) in [6.07, 6.45) is 6.84. The summed E-state index contributed by atoms with van der Waals surface area (Å²) in [4.78, 5) is 15.8. The van der Waals surface area contributed by atoms with Gasteiger partial charge in [-0.1, -0.05) is 37.5 Å². The van der Waals surface area contributed by atoms with E-state index in [-0.39, 0.29) is 17.7 Å². The van der Waals surface area contributed by atoms with Gasteiger partial charge in [0, 0.05) is 40.7 Å². The highest BCUT2D eigenvalue weighted by molar-refractivity contribution is 6.01. The Morgan fingerprint density at radius 1 is 1.07 bits per heavy atom. The number of hydrogen-bond acceptors (Lipinski definition) is 5. The van der Waals surface area contributed by atoms with Crippen molar-refractivity contribution in [3.63, 3.8) is 0 Å². The predicted octanol–water partition coefficient (Wildman–Crippen LogP) is 6.37. The van der Waals surface area contributed by atoms with Crippen molar-refractivity contribution in [3.8, 4) is 28.5 Å². The average molecular weight is 568 g/mol. The molecule has 4 aromatic rings. The molecule has 1 fully saturated rings. The van der Waals surface area contributed by atoms with Gasteiger partial charge in [-0.05, 0) is 86.8 Å². The smallest absolute Gasteiger partial charge is 0.251 e. The van der Waals surface area contributed by atoms with Crippen molar-refractivity contribution in [1.29, 1.82) is 0 Å². The predicted molar refractivity (Wildman–Crippen MR) is 167 cm³/mol. The van der Waals surface area contributed by atoms with Gasteiger partial charge in [0.05, 0.1) is 19.3 Å². The summed E-state index contributed by atoms with van der Waals surface area (Å²) in [6.45, 7) is 1.97. The molecule has 1 aromatic heterocycles. The van der Waals surface area contributed by atoms with Crippen molar-refractivity contribution in [2.24, 2.45) is 0 Å². The number of carbonyl (C=O) groups excluding carboxylic acids is 1. The molecule has 3 aromatic carbocycles. The van der Waals surface area contributed by atoms with Crippen LogP contribution in [0.3, 0.4) is 0 Å². The molecule has 2 N–H and O–H groups in total. The first-order chi connectivity index (χ1) is 20.4. The number of likely N-dealkylation sites (N-methyl/N-ethyl adjacent to an activating group) is 1. The first kappa shape index (κ1) is 28.2. The molecule has 7 heteroatoms. The maximum atomic E-state index is 13.7. The zero-order chi connectivity index (χ0) is 29.2. The highest BCUT2D eigenvalue weighted by Crippen LogP contribution is 2.47. The van der Waals surface area contributed by atoms with Gasteiger partial charge in [0.1, 0.15) is 23.9 Å². The minimum absolute atomic E-state index is 0.0766. The Morgan fingerprint density at radius 3 is 2.60 bits per heavy atom. The van der Waals surface area contributed by atoms with E-state index in [0.717, 1.165) is 28.1 Å². The molecule has 1 aliphatic carbocycles. The molecular formula is C35H41N3O4. The number of hydrogen-bond donors (Lipinski definition) is 2. The Labute approximate surface area is 248 Å². The zero-order valence-electron chi connectivity index (χ0n) is 24.9. The second kappa shape index (κ2) is 12.1. The van der Waals surface area contributed by atoms with E-state index in [1.807, 2.05) is 44.4 Å². The van der Waals surface area contributed by atoms with Crippen LogP contribution in [-0.2, 0) is 13.0 Å². The fourth-order valence-corrected chi connectivity index (χ4v) is 6.82. The molecule has 42 heavy (non-hydrogen) atoms. The van der Waals surface area contributed by atoms with E-state index in [4.69, 9.17) is 9.47 Å². The number of aromatic nitrogens is 1. The van der Waals surface area contributed by atoms with Crippen LogP contribution in [-0.4, -0.2) is 60.9 Å². The van der Waals surface area contributed by atoms with Gasteiger partial charge in [-0.15, -0.1) is 0 Å². The summed E-state index contributed by atoms with van der Waals surface area (Å²) >= 11 is 0. The van der Waals surface area contributed by atoms with Gasteiger partial charge in [0.2, 0.25) is 0 Å². The number of rotatable bonds is 8. The number of phenolic OH excluding ortho intramolecular Hbond substituents is 1. The second-order valence-electron chi connectivity index (χ2n) is 12.0. The fourth-order valence-electron chi connectivity index (χ4n) is 6.82. The number of phenols is 1. The van der Waals surface area contributed by atoms with Crippen LogP contribution < -0.4 is 14.8 Å². The Kier molecular flexibility index (Phi) is 8.11. The van der Waals surface area contributed by atoms with E-state index < -0.39 is 0 Å². The Morgan fingerprint density at radius 2 is 1.86 bits per heavy atom. The highest BCUT2D eigenvalue weighted by atomic mass is 16.5. The molecule has 0 radical (unpaired) electrons. The molecule has 0 saturated heterocycles. The summed E-state index contributed by atoms with van der Waals surface area (Å²) in [7, 11) is 5.71. The van der Waals surface area contributed by atoms with Crippen LogP contribution in [0, 0.1) is 0 Å². The number of carbonyl (C=O) groups is 1. The highest BCUT2D eigenvalue weighted by Gasteiger charge is 2.30. The monoisotopic (exact) mass is 567 g/mol. The van der Waals surface area contributed by atoms with Crippen molar-refractivity contribution >= 4 is 16.8 Å². The Balaban J connectivity index is 1.39. The van der Waals surface area contributed by atoms with Gasteiger partial charge < -0.3 is 29.4 Å². The van der Waals surface area contributed by atoms with Gasteiger partial charge >= 0.3 is 0 Å². The van der Waals surface area contributed by atoms with Crippen molar-refractivity contribution < 1.29 is 19.4 Å². The lowest BCUT2D eigenvalue weighted by atomic mass is 9.81. The molecule has 1 saturated carbocycles. The number of methoxy groups -OCH3 is 1. The van der Waals surface area contributed by atoms with Gasteiger partial charge in [0.25, 0.3) is 5.91 Å². The molecule has 0 unspecified atom stereocenters. The quantitative estimate of drug-likeness (QED) is 0.259. The molecule has 2 heterocycles. The van der Waals surface area contributed by atoms with Crippen molar-refractivity contribution in [1.82, 2.24) is 14.8 Å². The first-order valence-electron chi connectivity index (χ1n) is 15.1. The SMILES string of the molecule is COc1ccc2c(c1)OCCn1c-2c(C2CCCCC2)c2ccc(C(=O)N[C@@H](Cc3ccc(O)cc3)CN(C)C)cc21. The van der Waals surface area contributed by atoms with Gasteiger partial charge in [-0.3, -0.25) is 4.79 Å². The molecule has 7 nitrogen and oxygen atoms in total. The third-order valence-electron chi connectivity index (χ3n) is 8.73. The Hall–Kier alpha value is -3.97. The molecule has 6 rings (SSSR count). The number of aromatic hydroxyl groups is 1. The number of ether oxygens (including phenoxy) is 2. The number of nitrogens with zero attached hydrogens (tertiary/aromatic N) is 2. The van der Waals surface area contributed by atoms with Gasteiger partial charge in [-0.2, -0.15) is 0 Å². The molecule has 1 aliphatic heterocycles. The standard InChI is InChI=1S/C35H41N3O4/c1-37(2)22-26(19-23-9-12-27(39)13-10-23)36-35(40)25-11-15-29-31(20-25)38-17-18-42-32-21-28(41-3)14-16-30(32)34(38)33(29)24-7-5-4-6-8-24/h9-16,20-21,24,26,39H,4-8,17-19,22H2,1-3H3,(H,36,40)/t26-/m0/s1. The van der Waals surface area contributed by atoms with Crippen LogP contribution in [0.1, 0.15) is 59.5 Å². The van der Waals surface area contributed by atoms with Crippen LogP contribution in [0.5, 0.6) is 17.2 Å². The Bertz CT molecular complexity index is 1570. The van der Waals surface area contributed by atoms with Crippen molar-refractivity contribution in [3.05, 3.63) is 77.4 Å². The first-order valence-corrected chi connectivity index (χ1v) is 15.1. The van der Waals surface area contributed by atoms with Crippen LogP contribution in [0.15, 0.2) is 60.7 Å². The minimum Gasteiger partial charge on any atom is -0.508 e. The topological polar surface area (TPSA) is 76.0 Å². The normalized spacial score (nSPS) is 15.9. The van der Waals surface area contributed by atoms with Crippen LogP contribution >= 0.6 is 0 Å². The van der Waals surface area contributed by atoms with E-state index in [1.54, 1.807) is 19.2 Å². The average Bonchev–Trinajstić information content (AvgIpc) is 3.19. The summed E-state index contributed by atoms with van der Waals surface area (Å²) < 4.78 is 14.1. The van der Waals surface area contributed by atoms with Crippen LogP contribution in [0.25, 0.3) is 22.2 Å². The third-order valence-corrected chi connectivity index (χ3v) is 8.73. The number of fused-ring (bicyclic) bond motifs is 5. The van der Waals surface area contributed by atoms with E-state index in [9.17, 15) is 9.90 Å². The summed E-state index contributed by atoms with van der Waals surface area (Å²) in [5, 5.41) is 14.2. The number of amides is 1. The number of nitrogens with one attached hydrogen (secondary N) is 1.